The zero-order valence-corrected chi connectivity index (χ0v) is 44.0. The molecule has 8 rings (SSSR count). The summed E-state index contributed by atoms with van der Waals surface area (Å²) in [7, 11) is 1.89. The van der Waals surface area contributed by atoms with Gasteiger partial charge in [0.2, 0.25) is 11.8 Å². The standard InChI is InChI=1S/C28H38ClN5O2.C27H36ClN5O2/c1-22(2)31(3)28(35)20-33-16-14-32(15-17-33)13-5-4-6-18-36-25-11-12-27-26(19-25)30-21-34(27)24-9-7-23(29)8-10-24;1-21(2)30-27(34)19-32-15-13-31(14-16-32)12-4-3-5-17-35-24-10-11-26-25(18-24)29-20-33(26)23-8-6-22(28)7-9-23/h7-12,19,21-22H,4-6,13-18,20H2,1-3H3;6-11,18,20-21H,3-5,12-17,19H2,1-2H3,(H,30,34). The Bertz CT molecular complexity index is 2570. The lowest BCUT2D eigenvalue weighted by molar-refractivity contribution is -0.133. The molecule has 2 aromatic heterocycles. The number of carbonyl (C=O) groups is 2. The van der Waals surface area contributed by atoms with Crippen LogP contribution in [0.1, 0.15) is 66.2 Å². The molecule has 1 N–H and O–H groups in total. The first-order valence-electron chi connectivity index (χ1n) is 25.5. The number of aromatic nitrogens is 4. The largest absolute Gasteiger partial charge is 0.494 e. The van der Waals surface area contributed by atoms with Gasteiger partial charge in [-0.3, -0.25) is 28.5 Å². The van der Waals surface area contributed by atoms with Gasteiger partial charge in [-0.2, -0.15) is 0 Å². The Kier molecular flexibility index (Phi) is 20.4. The molecule has 2 aliphatic heterocycles. The van der Waals surface area contributed by atoms with E-state index in [0.29, 0.717) is 26.3 Å². The number of fused-ring (bicyclic) bond motifs is 2. The number of amides is 2. The number of benzene rings is 4. The molecule has 2 saturated heterocycles. The molecule has 4 heterocycles. The summed E-state index contributed by atoms with van der Waals surface area (Å²) in [4.78, 5) is 44.7. The summed E-state index contributed by atoms with van der Waals surface area (Å²) < 4.78 is 16.1. The van der Waals surface area contributed by atoms with Crippen molar-refractivity contribution >= 4 is 57.1 Å². The number of piperazine rings is 2. The zero-order valence-electron chi connectivity index (χ0n) is 42.4. The number of hydrogen-bond donors (Lipinski definition) is 1. The molecule has 0 aliphatic carbocycles. The number of halogens is 2. The predicted molar refractivity (Wildman–Crippen MR) is 288 cm³/mol. The Morgan fingerprint density at radius 1 is 0.577 bits per heavy atom. The molecular formula is C55H74Cl2N10O4. The molecule has 2 aliphatic rings. The molecular weight excluding hydrogens is 936 g/mol. The monoisotopic (exact) mass is 1010 g/mol. The Balaban J connectivity index is 0.000000209. The van der Waals surface area contributed by atoms with E-state index in [9.17, 15) is 9.59 Å². The van der Waals surface area contributed by atoms with Crippen molar-refractivity contribution in [1.82, 2.24) is 48.9 Å². The van der Waals surface area contributed by atoms with Crippen LogP contribution in [-0.2, 0) is 9.59 Å². The molecule has 71 heavy (non-hydrogen) atoms. The topological polar surface area (TPSA) is 116 Å². The molecule has 4 aromatic carbocycles. The molecule has 0 atom stereocenters. The average Bonchev–Trinajstić information content (AvgIpc) is 3.99. The van der Waals surface area contributed by atoms with Crippen molar-refractivity contribution in [2.45, 2.75) is 78.3 Å². The lowest BCUT2D eigenvalue weighted by Gasteiger charge is -2.35. The van der Waals surface area contributed by atoms with Crippen LogP contribution >= 0.6 is 23.2 Å². The molecule has 0 radical (unpaired) electrons. The quantitative estimate of drug-likeness (QED) is 0.0661. The maximum absolute atomic E-state index is 12.3. The van der Waals surface area contributed by atoms with E-state index in [0.717, 1.165) is 146 Å². The fraction of sp³-hybridized carbons (Fsp3) is 0.491. The highest BCUT2D eigenvalue weighted by Crippen LogP contribution is 2.26. The van der Waals surface area contributed by atoms with Crippen LogP contribution in [-0.4, -0.2) is 166 Å². The number of ether oxygens (including phenoxy) is 2. The minimum Gasteiger partial charge on any atom is -0.494 e. The lowest BCUT2D eigenvalue weighted by atomic mass is 10.2. The van der Waals surface area contributed by atoms with Gasteiger partial charge in [0.25, 0.3) is 0 Å². The Morgan fingerprint density at radius 3 is 1.42 bits per heavy atom. The minimum absolute atomic E-state index is 0.127. The van der Waals surface area contributed by atoms with Crippen molar-refractivity contribution in [3.63, 3.8) is 0 Å². The lowest BCUT2D eigenvalue weighted by Crippen LogP contribution is -2.50. The van der Waals surface area contributed by atoms with Gasteiger partial charge < -0.3 is 29.5 Å². The zero-order chi connectivity index (χ0) is 50.1. The van der Waals surface area contributed by atoms with Crippen LogP contribution < -0.4 is 14.8 Å². The van der Waals surface area contributed by atoms with Crippen molar-refractivity contribution < 1.29 is 19.1 Å². The van der Waals surface area contributed by atoms with E-state index in [1.165, 1.54) is 12.8 Å². The number of unbranched alkanes of at least 4 members (excludes halogenated alkanes) is 4. The van der Waals surface area contributed by atoms with Crippen molar-refractivity contribution in [3.05, 3.63) is 108 Å². The predicted octanol–water partition coefficient (Wildman–Crippen LogP) is 9.08. The molecule has 0 unspecified atom stereocenters. The Morgan fingerprint density at radius 2 is 1.00 bits per heavy atom. The van der Waals surface area contributed by atoms with Crippen LogP contribution in [0.5, 0.6) is 11.5 Å². The normalized spacial score (nSPS) is 15.1. The number of hydrogen-bond acceptors (Lipinski definition) is 10. The van der Waals surface area contributed by atoms with Crippen LogP contribution in [0.25, 0.3) is 33.4 Å². The third-order valence-corrected chi connectivity index (χ3v) is 13.8. The van der Waals surface area contributed by atoms with Crippen LogP contribution in [0, 0.1) is 0 Å². The number of nitrogens with one attached hydrogen (secondary N) is 1. The Hall–Kier alpha value is -5.22. The van der Waals surface area contributed by atoms with Gasteiger partial charge in [0.05, 0.1) is 48.4 Å². The summed E-state index contributed by atoms with van der Waals surface area (Å²) in [6.45, 7) is 20.8. The minimum atomic E-state index is 0.127. The fourth-order valence-corrected chi connectivity index (χ4v) is 9.14. The van der Waals surface area contributed by atoms with E-state index in [1.807, 2.05) is 111 Å². The molecule has 0 bridgehead atoms. The first kappa shape index (κ1) is 53.6. The van der Waals surface area contributed by atoms with Gasteiger partial charge >= 0.3 is 0 Å². The van der Waals surface area contributed by atoms with Gasteiger partial charge in [0, 0.05) is 105 Å². The second-order valence-electron chi connectivity index (χ2n) is 19.4. The van der Waals surface area contributed by atoms with Crippen LogP contribution in [0.3, 0.4) is 0 Å². The summed E-state index contributed by atoms with van der Waals surface area (Å²) in [5.74, 6) is 2.06. The second kappa shape index (κ2) is 27.0. The first-order valence-corrected chi connectivity index (χ1v) is 26.3. The second-order valence-corrected chi connectivity index (χ2v) is 20.2. The molecule has 0 saturated carbocycles. The van der Waals surface area contributed by atoms with E-state index < -0.39 is 0 Å². The smallest absolute Gasteiger partial charge is 0.236 e. The molecule has 6 aromatic rings. The highest BCUT2D eigenvalue weighted by Gasteiger charge is 2.22. The summed E-state index contributed by atoms with van der Waals surface area (Å²) in [6.07, 6.45) is 10.4. The molecule has 16 heteroatoms. The average molecular weight is 1010 g/mol. The van der Waals surface area contributed by atoms with E-state index in [1.54, 1.807) is 0 Å². The molecule has 0 spiro atoms. The van der Waals surface area contributed by atoms with Gasteiger partial charge in [-0.25, -0.2) is 9.97 Å². The summed E-state index contributed by atoms with van der Waals surface area (Å²) in [5, 5.41) is 4.41. The van der Waals surface area contributed by atoms with E-state index in [4.69, 9.17) is 32.7 Å². The Labute approximate surface area is 430 Å². The molecule has 2 fully saturated rings. The van der Waals surface area contributed by atoms with E-state index in [2.05, 4.69) is 70.0 Å². The van der Waals surface area contributed by atoms with Gasteiger partial charge in [-0.05, 0) is 152 Å². The summed E-state index contributed by atoms with van der Waals surface area (Å²) in [6, 6.07) is 28.1. The number of likely N-dealkylation sites (N-methyl/N-ethyl adjacent to an activating group) is 1. The van der Waals surface area contributed by atoms with Crippen molar-refractivity contribution in [3.8, 4) is 22.9 Å². The van der Waals surface area contributed by atoms with Gasteiger partial charge in [-0.1, -0.05) is 23.2 Å². The van der Waals surface area contributed by atoms with Crippen LogP contribution in [0.2, 0.25) is 10.0 Å². The number of carbonyl (C=O) groups excluding carboxylic acids is 2. The number of imidazole rings is 2. The third kappa shape index (κ3) is 16.4. The van der Waals surface area contributed by atoms with Crippen LogP contribution in [0.4, 0.5) is 0 Å². The van der Waals surface area contributed by atoms with Crippen molar-refractivity contribution in [2.75, 3.05) is 98.8 Å². The summed E-state index contributed by atoms with van der Waals surface area (Å²) >= 11 is 12.0. The maximum Gasteiger partial charge on any atom is 0.236 e. The van der Waals surface area contributed by atoms with E-state index in [-0.39, 0.29) is 23.9 Å². The van der Waals surface area contributed by atoms with Gasteiger partial charge in [0.15, 0.2) is 0 Å². The number of nitrogens with zero attached hydrogens (tertiary/aromatic N) is 9. The van der Waals surface area contributed by atoms with Crippen LogP contribution in [0.15, 0.2) is 97.6 Å². The molecule has 14 nitrogen and oxygen atoms in total. The van der Waals surface area contributed by atoms with Gasteiger partial charge in [0.1, 0.15) is 24.2 Å². The number of rotatable bonds is 22. The third-order valence-electron chi connectivity index (χ3n) is 13.3. The molecule has 382 valence electrons. The van der Waals surface area contributed by atoms with Gasteiger partial charge in [-0.15, -0.1) is 0 Å². The highest BCUT2D eigenvalue weighted by atomic mass is 35.5. The van der Waals surface area contributed by atoms with E-state index >= 15 is 0 Å². The first-order chi connectivity index (χ1) is 34.4. The summed E-state index contributed by atoms with van der Waals surface area (Å²) in [5.41, 5.74) is 5.98. The fourth-order valence-electron chi connectivity index (χ4n) is 8.89. The maximum atomic E-state index is 12.3. The SMILES string of the molecule is CC(C)N(C)C(=O)CN1CCN(CCCCCOc2ccc3c(c2)ncn3-c2ccc(Cl)cc2)CC1.CC(C)NC(=O)CN1CCN(CCCCCOc2ccc3c(c2)ncn3-c2ccc(Cl)cc2)CC1. The highest BCUT2D eigenvalue weighted by molar-refractivity contribution is 6.30. The van der Waals surface area contributed by atoms with Crippen molar-refractivity contribution in [2.24, 2.45) is 0 Å². The molecule has 2 amide bonds. The van der Waals surface area contributed by atoms with Crippen molar-refractivity contribution in [1.29, 1.82) is 0 Å².